The fourth-order valence-electron chi connectivity index (χ4n) is 1.97. The summed E-state index contributed by atoms with van der Waals surface area (Å²) in [5, 5.41) is 2.94. The predicted octanol–water partition coefficient (Wildman–Crippen LogP) is 0.928. The van der Waals surface area contributed by atoms with Crippen molar-refractivity contribution in [2.45, 2.75) is 32.6 Å². The Balaban J connectivity index is 1.99. The summed E-state index contributed by atoms with van der Waals surface area (Å²) in [5.74, 6) is 1.60. The first-order valence-corrected chi connectivity index (χ1v) is 6.77. The van der Waals surface area contributed by atoms with Crippen molar-refractivity contribution in [1.29, 1.82) is 0 Å². The van der Waals surface area contributed by atoms with Crippen LogP contribution in [0.15, 0.2) is 10.9 Å². The number of carbonyl (C=O) groups excluding carboxylic acids is 1. The minimum absolute atomic E-state index is 0.0139. The molecule has 1 aromatic heterocycles. The summed E-state index contributed by atoms with van der Waals surface area (Å²) < 4.78 is 0. The summed E-state index contributed by atoms with van der Waals surface area (Å²) >= 11 is 0. The van der Waals surface area contributed by atoms with Gasteiger partial charge in [-0.3, -0.25) is 9.59 Å². The molecular weight excluding hydrogens is 244 g/mol. The molecule has 0 bridgehead atoms. The van der Waals surface area contributed by atoms with Crippen molar-refractivity contribution in [1.82, 2.24) is 14.9 Å². The number of nitrogens with zero attached hydrogens (tertiary/aromatic N) is 2. The molecule has 1 fully saturated rings. The van der Waals surface area contributed by atoms with Crippen LogP contribution in [0, 0.1) is 0 Å². The van der Waals surface area contributed by atoms with E-state index in [1.54, 1.807) is 4.90 Å². The molecule has 0 spiro atoms. The standard InChI is InChI=1S/C13H20N4O2/c1-3-17(4-2)12(19)8-14-10-7-11(18)16-13(15-10)9-5-6-9/h7,9H,3-6,8H2,1-2H3,(H2,14,15,16,18). The first-order chi connectivity index (χ1) is 9.13. The second kappa shape index (κ2) is 5.86. The first-order valence-electron chi connectivity index (χ1n) is 6.77. The van der Waals surface area contributed by atoms with Gasteiger partial charge in [-0.1, -0.05) is 0 Å². The van der Waals surface area contributed by atoms with Gasteiger partial charge in [0.15, 0.2) is 0 Å². The summed E-state index contributed by atoms with van der Waals surface area (Å²) in [6, 6.07) is 1.39. The summed E-state index contributed by atoms with van der Waals surface area (Å²) in [6.07, 6.45) is 2.15. The molecule has 0 atom stereocenters. The van der Waals surface area contributed by atoms with Gasteiger partial charge in [0.2, 0.25) is 5.91 Å². The summed E-state index contributed by atoms with van der Waals surface area (Å²) in [5.41, 5.74) is -0.172. The van der Waals surface area contributed by atoms with E-state index in [1.165, 1.54) is 6.07 Å². The lowest BCUT2D eigenvalue weighted by Crippen LogP contribution is -2.35. The van der Waals surface area contributed by atoms with Crippen LogP contribution in [0.3, 0.4) is 0 Å². The molecule has 1 aliphatic rings. The molecule has 0 radical (unpaired) electrons. The van der Waals surface area contributed by atoms with Crippen LogP contribution < -0.4 is 10.9 Å². The highest BCUT2D eigenvalue weighted by Crippen LogP contribution is 2.37. The van der Waals surface area contributed by atoms with E-state index in [1.807, 2.05) is 13.8 Å². The maximum absolute atomic E-state index is 11.8. The third-order valence-corrected chi connectivity index (χ3v) is 3.26. The Bertz CT molecular complexity index is 504. The summed E-state index contributed by atoms with van der Waals surface area (Å²) in [6.45, 7) is 5.43. The Hall–Kier alpha value is -1.85. The van der Waals surface area contributed by atoms with Crippen molar-refractivity contribution < 1.29 is 4.79 Å². The molecule has 0 aliphatic heterocycles. The van der Waals surface area contributed by atoms with Gasteiger partial charge in [-0.15, -0.1) is 0 Å². The Morgan fingerprint density at radius 1 is 1.47 bits per heavy atom. The number of H-pyrrole nitrogens is 1. The number of aromatic amines is 1. The maximum atomic E-state index is 11.8. The highest BCUT2D eigenvalue weighted by atomic mass is 16.2. The topological polar surface area (TPSA) is 78.1 Å². The molecular formula is C13H20N4O2. The van der Waals surface area contributed by atoms with Gasteiger partial charge in [0.25, 0.3) is 5.56 Å². The first kappa shape index (κ1) is 13.6. The Labute approximate surface area is 112 Å². The Morgan fingerprint density at radius 3 is 2.74 bits per heavy atom. The zero-order valence-electron chi connectivity index (χ0n) is 11.4. The van der Waals surface area contributed by atoms with Crippen LogP contribution in [0.4, 0.5) is 5.82 Å². The lowest BCUT2D eigenvalue weighted by molar-refractivity contribution is -0.128. The number of carbonyl (C=O) groups is 1. The van der Waals surface area contributed by atoms with Crippen LogP contribution in [0.1, 0.15) is 38.4 Å². The maximum Gasteiger partial charge on any atom is 0.252 e. The molecule has 1 saturated carbocycles. The molecule has 104 valence electrons. The lowest BCUT2D eigenvalue weighted by Gasteiger charge is -2.18. The van der Waals surface area contributed by atoms with Crippen LogP contribution >= 0.6 is 0 Å². The fourth-order valence-corrected chi connectivity index (χ4v) is 1.97. The van der Waals surface area contributed by atoms with Crippen molar-refractivity contribution in [3.05, 3.63) is 22.2 Å². The smallest absolute Gasteiger partial charge is 0.252 e. The quantitative estimate of drug-likeness (QED) is 0.801. The molecule has 1 amide bonds. The largest absolute Gasteiger partial charge is 0.361 e. The van der Waals surface area contributed by atoms with E-state index in [4.69, 9.17) is 0 Å². The SMILES string of the molecule is CCN(CC)C(=O)CNc1cc(=O)[nH]c(C2CC2)n1. The van der Waals surface area contributed by atoms with E-state index in [2.05, 4.69) is 15.3 Å². The molecule has 1 aromatic rings. The number of likely N-dealkylation sites (N-methyl/N-ethyl adjacent to an activating group) is 1. The van der Waals surface area contributed by atoms with Gasteiger partial charge in [0.05, 0.1) is 6.54 Å². The number of hydrogen-bond donors (Lipinski definition) is 2. The number of nitrogens with one attached hydrogen (secondary N) is 2. The average Bonchev–Trinajstić information content (AvgIpc) is 3.21. The van der Waals surface area contributed by atoms with Crippen LogP contribution in [-0.2, 0) is 4.79 Å². The molecule has 6 nitrogen and oxygen atoms in total. The van der Waals surface area contributed by atoms with Crippen molar-refractivity contribution in [3.8, 4) is 0 Å². The fraction of sp³-hybridized carbons (Fsp3) is 0.615. The van der Waals surface area contributed by atoms with E-state index in [0.717, 1.165) is 18.7 Å². The molecule has 6 heteroatoms. The summed E-state index contributed by atoms with van der Waals surface area (Å²) in [4.78, 5) is 32.2. The van der Waals surface area contributed by atoms with Gasteiger partial charge in [-0.05, 0) is 26.7 Å². The molecule has 19 heavy (non-hydrogen) atoms. The van der Waals surface area contributed by atoms with Crippen molar-refractivity contribution in [2.75, 3.05) is 25.0 Å². The number of aromatic nitrogens is 2. The second-order valence-electron chi connectivity index (χ2n) is 4.71. The van der Waals surface area contributed by atoms with Crippen LogP contribution in [-0.4, -0.2) is 40.4 Å². The zero-order valence-corrected chi connectivity index (χ0v) is 11.4. The third-order valence-electron chi connectivity index (χ3n) is 3.26. The zero-order chi connectivity index (χ0) is 13.8. The van der Waals surface area contributed by atoms with Gasteiger partial charge in [0.1, 0.15) is 11.6 Å². The van der Waals surface area contributed by atoms with E-state index in [-0.39, 0.29) is 18.0 Å². The number of amides is 1. The van der Waals surface area contributed by atoms with E-state index >= 15 is 0 Å². The molecule has 0 aromatic carbocycles. The van der Waals surface area contributed by atoms with Crippen LogP contribution in [0.25, 0.3) is 0 Å². The van der Waals surface area contributed by atoms with Crippen molar-refractivity contribution in [2.24, 2.45) is 0 Å². The van der Waals surface area contributed by atoms with E-state index in [9.17, 15) is 9.59 Å². The number of anilines is 1. The van der Waals surface area contributed by atoms with Gasteiger partial charge in [0, 0.05) is 25.1 Å². The molecule has 1 aliphatic carbocycles. The average molecular weight is 264 g/mol. The molecule has 0 saturated heterocycles. The highest BCUT2D eigenvalue weighted by Gasteiger charge is 2.26. The lowest BCUT2D eigenvalue weighted by atomic mass is 10.4. The normalized spacial score (nSPS) is 14.2. The molecule has 1 heterocycles. The van der Waals surface area contributed by atoms with Gasteiger partial charge in [-0.25, -0.2) is 4.98 Å². The van der Waals surface area contributed by atoms with Crippen LogP contribution in [0.2, 0.25) is 0 Å². The number of hydrogen-bond acceptors (Lipinski definition) is 4. The number of rotatable bonds is 6. The Kier molecular flexibility index (Phi) is 4.19. The minimum atomic E-state index is -0.172. The molecule has 0 unspecified atom stereocenters. The molecule has 2 N–H and O–H groups in total. The van der Waals surface area contributed by atoms with Gasteiger partial charge in [-0.2, -0.15) is 0 Å². The summed E-state index contributed by atoms with van der Waals surface area (Å²) in [7, 11) is 0. The molecule has 2 rings (SSSR count). The minimum Gasteiger partial charge on any atom is -0.361 e. The second-order valence-corrected chi connectivity index (χ2v) is 4.71. The van der Waals surface area contributed by atoms with Crippen molar-refractivity contribution >= 4 is 11.7 Å². The van der Waals surface area contributed by atoms with Crippen molar-refractivity contribution in [3.63, 3.8) is 0 Å². The van der Waals surface area contributed by atoms with Gasteiger partial charge >= 0.3 is 0 Å². The van der Waals surface area contributed by atoms with Gasteiger partial charge < -0.3 is 15.2 Å². The van der Waals surface area contributed by atoms with E-state index in [0.29, 0.717) is 24.8 Å². The van der Waals surface area contributed by atoms with E-state index < -0.39 is 0 Å². The third kappa shape index (κ3) is 3.56. The predicted molar refractivity (Wildman–Crippen MR) is 73.3 cm³/mol. The monoisotopic (exact) mass is 264 g/mol. The Morgan fingerprint density at radius 2 is 2.16 bits per heavy atom. The van der Waals surface area contributed by atoms with Crippen LogP contribution in [0.5, 0.6) is 0 Å². The highest BCUT2D eigenvalue weighted by molar-refractivity contribution is 5.80.